The minimum Gasteiger partial charge on any atom is -0.480 e. The minimum atomic E-state index is -1.60. The van der Waals surface area contributed by atoms with Crippen molar-refractivity contribution in [3.8, 4) is 0 Å². The number of nitrogens with one attached hydrogen (secondary N) is 3. The first-order valence-corrected chi connectivity index (χ1v) is 8.19. The number of nitrogens with two attached hydrogens (primary N) is 1. The molecule has 0 radical (unpaired) electrons. The Morgan fingerprint density at radius 2 is 1.65 bits per heavy atom. The monoisotopic (exact) mass is 376 g/mol. The molecule has 11 nitrogen and oxygen atoms in total. The van der Waals surface area contributed by atoms with E-state index in [9.17, 15) is 29.4 Å². The fourth-order valence-electron chi connectivity index (χ4n) is 1.88. The first kappa shape index (κ1) is 23.8. The summed E-state index contributed by atoms with van der Waals surface area (Å²) in [5.74, 6) is -3.84. The van der Waals surface area contributed by atoms with Crippen molar-refractivity contribution in [2.24, 2.45) is 11.7 Å². The highest BCUT2D eigenvalue weighted by Crippen LogP contribution is 2.04. The summed E-state index contributed by atoms with van der Waals surface area (Å²) in [7, 11) is 0. The van der Waals surface area contributed by atoms with Crippen molar-refractivity contribution in [1.82, 2.24) is 16.0 Å². The molecular formula is C15H28N4O7. The molecule has 0 saturated carbocycles. The minimum absolute atomic E-state index is 0.0811. The number of hydrogen-bond acceptors (Lipinski definition) is 7. The maximum absolute atomic E-state index is 11.9. The third-order valence-corrected chi connectivity index (χ3v) is 3.86. The van der Waals surface area contributed by atoms with Crippen molar-refractivity contribution < 1.29 is 34.5 Å². The Labute approximate surface area is 151 Å². The van der Waals surface area contributed by atoms with E-state index in [0.717, 1.165) is 0 Å². The van der Waals surface area contributed by atoms with Crippen LogP contribution in [0.5, 0.6) is 0 Å². The van der Waals surface area contributed by atoms with E-state index in [-0.39, 0.29) is 5.92 Å². The van der Waals surface area contributed by atoms with Gasteiger partial charge in [0.1, 0.15) is 6.04 Å². The summed E-state index contributed by atoms with van der Waals surface area (Å²) in [5, 5.41) is 33.9. The summed E-state index contributed by atoms with van der Waals surface area (Å²) < 4.78 is 0. The second-order valence-corrected chi connectivity index (χ2v) is 6.00. The van der Waals surface area contributed by atoms with Crippen LogP contribution in [-0.2, 0) is 19.2 Å². The molecule has 150 valence electrons. The first-order chi connectivity index (χ1) is 12.0. The van der Waals surface area contributed by atoms with E-state index in [2.05, 4.69) is 10.6 Å². The zero-order valence-electron chi connectivity index (χ0n) is 15.1. The number of carboxylic acid groups (broad SMARTS) is 1. The summed E-state index contributed by atoms with van der Waals surface area (Å²) in [6.45, 7) is 3.56. The highest BCUT2D eigenvalue weighted by Gasteiger charge is 2.29. The molecule has 5 atom stereocenters. The number of aliphatic carboxylic acids is 1. The fourth-order valence-corrected chi connectivity index (χ4v) is 1.88. The van der Waals surface area contributed by atoms with Crippen molar-refractivity contribution in [2.75, 3.05) is 13.2 Å². The van der Waals surface area contributed by atoms with E-state index in [1.54, 1.807) is 6.92 Å². The number of carbonyl (C=O) groups excluding carboxylic acids is 3. The molecule has 11 heteroatoms. The van der Waals surface area contributed by atoms with Gasteiger partial charge in [-0.1, -0.05) is 20.3 Å². The van der Waals surface area contributed by atoms with E-state index in [1.165, 1.54) is 6.92 Å². The second kappa shape index (κ2) is 11.4. The molecule has 0 rings (SSSR count). The lowest BCUT2D eigenvalue weighted by Gasteiger charge is -2.22. The van der Waals surface area contributed by atoms with Crippen LogP contribution in [0.15, 0.2) is 0 Å². The molecule has 0 spiro atoms. The Balaban J connectivity index is 4.62. The van der Waals surface area contributed by atoms with Gasteiger partial charge in [-0.05, 0) is 12.8 Å². The van der Waals surface area contributed by atoms with Gasteiger partial charge < -0.3 is 37.0 Å². The van der Waals surface area contributed by atoms with E-state index in [0.29, 0.717) is 6.42 Å². The van der Waals surface area contributed by atoms with Crippen LogP contribution in [0.3, 0.4) is 0 Å². The SMILES string of the molecule is CCC(C)C(N)C(=O)NCC(=O)NC(CO)C(=O)NC(C(=O)O)C(C)O. The summed E-state index contributed by atoms with van der Waals surface area (Å²) in [4.78, 5) is 46.5. The number of rotatable bonds is 11. The first-order valence-electron chi connectivity index (χ1n) is 8.19. The molecule has 3 amide bonds. The molecule has 0 saturated heterocycles. The Morgan fingerprint density at radius 1 is 1.08 bits per heavy atom. The number of amides is 3. The lowest BCUT2D eigenvalue weighted by Crippen LogP contribution is -2.57. The fraction of sp³-hybridized carbons (Fsp3) is 0.733. The Kier molecular flexibility index (Phi) is 10.4. The summed E-state index contributed by atoms with van der Waals surface area (Å²) in [6.07, 6.45) is -0.700. The quantitative estimate of drug-likeness (QED) is 0.197. The Hall–Kier alpha value is -2.24. The van der Waals surface area contributed by atoms with E-state index < -0.39 is 61.1 Å². The lowest BCUT2D eigenvalue weighted by molar-refractivity contribution is -0.145. The number of aliphatic hydroxyl groups excluding tert-OH is 2. The van der Waals surface area contributed by atoms with Gasteiger partial charge in [0, 0.05) is 0 Å². The largest absolute Gasteiger partial charge is 0.480 e. The van der Waals surface area contributed by atoms with Crippen LogP contribution in [0.25, 0.3) is 0 Å². The lowest BCUT2D eigenvalue weighted by atomic mass is 9.99. The molecule has 0 aliphatic rings. The van der Waals surface area contributed by atoms with Crippen molar-refractivity contribution >= 4 is 23.7 Å². The standard InChI is InChI=1S/C15H28N4O7/c1-4-7(2)11(16)14(24)17-5-10(22)18-9(6-20)13(23)19-12(8(3)21)15(25)26/h7-9,11-12,20-21H,4-6,16H2,1-3H3,(H,17,24)(H,18,22)(H,19,23)(H,25,26). The second-order valence-electron chi connectivity index (χ2n) is 6.00. The molecule has 0 aliphatic heterocycles. The molecule has 0 heterocycles. The van der Waals surface area contributed by atoms with Crippen LogP contribution in [0.4, 0.5) is 0 Å². The van der Waals surface area contributed by atoms with E-state index in [4.69, 9.17) is 10.8 Å². The molecule has 0 aromatic heterocycles. The molecule has 0 bridgehead atoms. The molecular weight excluding hydrogens is 348 g/mol. The van der Waals surface area contributed by atoms with E-state index >= 15 is 0 Å². The summed E-state index contributed by atoms with van der Waals surface area (Å²) in [6, 6.07) is -3.82. The van der Waals surface area contributed by atoms with E-state index in [1.807, 2.05) is 12.2 Å². The van der Waals surface area contributed by atoms with Crippen LogP contribution < -0.4 is 21.7 Å². The van der Waals surface area contributed by atoms with Crippen LogP contribution in [-0.4, -0.2) is 76.4 Å². The molecule has 5 unspecified atom stereocenters. The normalized spacial score (nSPS) is 16.5. The molecule has 0 aromatic rings. The van der Waals surface area contributed by atoms with Crippen LogP contribution >= 0.6 is 0 Å². The Morgan fingerprint density at radius 3 is 2.08 bits per heavy atom. The van der Waals surface area contributed by atoms with Crippen molar-refractivity contribution in [1.29, 1.82) is 0 Å². The predicted octanol–water partition coefficient (Wildman–Crippen LogP) is -3.10. The number of aliphatic hydroxyl groups is 2. The van der Waals surface area contributed by atoms with Crippen LogP contribution in [0, 0.1) is 5.92 Å². The van der Waals surface area contributed by atoms with Crippen molar-refractivity contribution in [2.45, 2.75) is 51.4 Å². The molecule has 8 N–H and O–H groups in total. The smallest absolute Gasteiger partial charge is 0.328 e. The van der Waals surface area contributed by atoms with Crippen LogP contribution in [0.2, 0.25) is 0 Å². The molecule has 0 fully saturated rings. The van der Waals surface area contributed by atoms with Crippen LogP contribution in [0.1, 0.15) is 27.2 Å². The highest BCUT2D eigenvalue weighted by atomic mass is 16.4. The Bertz CT molecular complexity index is 512. The van der Waals surface area contributed by atoms with Gasteiger partial charge in [0.2, 0.25) is 17.7 Å². The van der Waals surface area contributed by atoms with Gasteiger partial charge in [0.25, 0.3) is 0 Å². The molecule has 26 heavy (non-hydrogen) atoms. The maximum Gasteiger partial charge on any atom is 0.328 e. The third kappa shape index (κ3) is 7.76. The van der Waals surface area contributed by atoms with Gasteiger partial charge in [-0.2, -0.15) is 0 Å². The summed E-state index contributed by atoms with van der Waals surface area (Å²) >= 11 is 0. The van der Waals surface area contributed by atoms with Crippen molar-refractivity contribution in [3.63, 3.8) is 0 Å². The van der Waals surface area contributed by atoms with Gasteiger partial charge >= 0.3 is 5.97 Å². The zero-order chi connectivity index (χ0) is 20.4. The topological polar surface area (TPSA) is 191 Å². The average molecular weight is 376 g/mol. The summed E-state index contributed by atoms with van der Waals surface area (Å²) in [5.41, 5.74) is 5.72. The average Bonchev–Trinajstić information content (AvgIpc) is 2.59. The van der Waals surface area contributed by atoms with Gasteiger partial charge in [0.05, 0.1) is 25.3 Å². The third-order valence-electron chi connectivity index (χ3n) is 3.86. The predicted molar refractivity (Wildman–Crippen MR) is 90.7 cm³/mol. The van der Waals surface area contributed by atoms with Gasteiger partial charge in [0.15, 0.2) is 6.04 Å². The van der Waals surface area contributed by atoms with Gasteiger partial charge in [-0.3, -0.25) is 14.4 Å². The van der Waals surface area contributed by atoms with Gasteiger partial charge in [-0.15, -0.1) is 0 Å². The number of carboxylic acids is 1. The van der Waals surface area contributed by atoms with Crippen molar-refractivity contribution in [3.05, 3.63) is 0 Å². The molecule has 0 aromatic carbocycles. The number of carbonyl (C=O) groups is 4. The maximum atomic E-state index is 11.9. The number of hydrogen-bond donors (Lipinski definition) is 7. The highest BCUT2D eigenvalue weighted by molar-refractivity contribution is 5.92. The zero-order valence-corrected chi connectivity index (χ0v) is 15.1. The van der Waals surface area contributed by atoms with Gasteiger partial charge in [-0.25, -0.2) is 4.79 Å². The molecule has 0 aliphatic carbocycles.